The predicted octanol–water partition coefficient (Wildman–Crippen LogP) is 3.20. The molecule has 0 aliphatic heterocycles. The monoisotopic (exact) mass is 274 g/mol. The van der Waals surface area contributed by atoms with Crippen LogP contribution >= 0.6 is 0 Å². The first-order valence-electron chi connectivity index (χ1n) is 5.48. The van der Waals surface area contributed by atoms with Crippen LogP contribution in [0.4, 0.5) is 13.2 Å². The van der Waals surface area contributed by atoms with Crippen LogP contribution in [0.25, 0.3) is 5.57 Å². The van der Waals surface area contributed by atoms with Crippen molar-refractivity contribution in [2.45, 2.75) is 13.1 Å². The molecule has 0 radical (unpaired) electrons. The number of rotatable bonds is 4. The van der Waals surface area contributed by atoms with Crippen LogP contribution in [0.15, 0.2) is 30.3 Å². The Bertz CT molecular complexity index is 478. The number of methoxy groups -OCH3 is 1. The molecule has 0 fully saturated rings. The van der Waals surface area contributed by atoms with E-state index in [1.807, 2.05) is 0 Å². The van der Waals surface area contributed by atoms with Crippen LogP contribution in [-0.2, 0) is 9.53 Å². The summed E-state index contributed by atoms with van der Waals surface area (Å²) in [5, 5.41) is 0. The second kappa shape index (κ2) is 6.26. The van der Waals surface area contributed by atoms with E-state index in [-0.39, 0.29) is 17.9 Å². The van der Waals surface area contributed by atoms with Gasteiger partial charge in [0.2, 0.25) is 0 Å². The quantitative estimate of drug-likeness (QED) is 0.624. The highest BCUT2D eigenvalue weighted by molar-refractivity contribution is 5.92. The summed E-state index contributed by atoms with van der Waals surface area (Å²) in [5.74, 6) is -0.755. The molecule has 1 aromatic carbocycles. The maximum Gasteiger partial charge on any atom is 0.417 e. The average Bonchev–Trinajstić information content (AvgIpc) is 2.35. The van der Waals surface area contributed by atoms with E-state index in [1.54, 1.807) is 0 Å². The van der Waals surface area contributed by atoms with Crippen molar-refractivity contribution in [3.63, 3.8) is 0 Å². The van der Waals surface area contributed by atoms with E-state index in [0.717, 1.165) is 0 Å². The lowest BCUT2D eigenvalue weighted by Crippen LogP contribution is -2.13. The van der Waals surface area contributed by atoms with Crippen LogP contribution < -0.4 is 4.74 Å². The van der Waals surface area contributed by atoms with Crippen LogP contribution in [0.1, 0.15) is 12.5 Å². The number of ether oxygens (including phenoxy) is 2. The van der Waals surface area contributed by atoms with Gasteiger partial charge in [0, 0.05) is 6.08 Å². The molecule has 19 heavy (non-hydrogen) atoms. The molecule has 0 aliphatic carbocycles. The Morgan fingerprint density at radius 2 is 2.05 bits per heavy atom. The van der Waals surface area contributed by atoms with Gasteiger partial charge in [-0.05, 0) is 24.6 Å². The summed E-state index contributed by atoms with van der Waals surface area (Å²) in [7, 11) is 1.35. The Labute approximate surface area is 108 Å². The van der Waals surface area contributed by atoms with E-state index >= 15 is 0 Å². The third-order valence-corrected chi connectivity index (χ3v) is 2.23. The van der Waals surface area contributed by atoms with Crippen molar-refractivity contribution in [2.75, 3.05) is 13.7 Å². The molecule has 0 saturated heterocycles. The lowest BCUT2D eigenvalue weighted by atomic mass is 10.0. The Morgan fingerprint density at radius 1 is 1.37 bits per heavy atom. The van der Waals surface area contributed by atoms with Gasteiger partial charge in [0.1, 0.15) is 5.75 Å². The molecule has 1 rings (SSSR count). The number of allylic oxidation sites excluding steroid dienone is 1. The molecule has 0 heterocycles. The molecule has 0 unspecified atom stereocenters. The standard InChI is InChI=1S/C13H13F3O3/c1-3-19-12(17)8-11(13(14,15)16)9-5-4-6-10(7-9)18-2/h4-8H,3H2,1-2H3/b11-8-. The van der Waals surface area contributed by atoms with Crippen molar-refractivity contribution >= 4 is 11.5 Å². The number of hydrogen-bond acceptors (Lipinski definition) is 3. The number of esters is 1. The first-order chi connectivity index (χ1) is 8.88. The predicted molar refractivity (Wildman–Crippen MR) is 63.7 cm³/mol. The maximum atomic E-state index is 12.9. The van der Waals surface area contributed by atoms with Crippen LogP contribution in [0, 0.1) is 0 Å². The van der Waals surface area contributed by atoms with Crippen LogP contribution in [0.2, 0.25) is 0 Å². The second-order valence-corrected chi connectivity index (χ2v) is 3.54. The first-order valence-corrected chi connectivity index (χ1v) is 5.48. The third-order valence-electron chi connectivity index (χ3n) is 2.23. The van der Waals surface area contributed by atoms with E-state index in [2.05, 4.69) is 4.74 Å². The molecule has 104 valence electrons. The van der Waals surface area contributed by atoms with Crippen molar-refractivity contribution < 1.29 is 27.4 Å². The Morgan fingerprint density at radius 3 is 2.58 bits per heavy atom. The number of alkyl halides is 3. The highest BCUT2D eigenvalue weighted by atomic mass is 19.4. The van der Waals surface area contributed by atoms with Gasteiger partial charge in [-0.3, -0.25) is 0 Å². The fourth-order valence-corrected chi connectivity index (χ4v) is 1.42. The Balaban J connectivity index is 3.21. The number of carbonyl (C=O) groups excluding carboxylic acids is 1. The number of benzene rings is 1. The minimum Gasteiger partial charge on any atom is -0.497 e. The van der Waals surface area contributed by atoms with E-state index in [0.29, 0.717) is 6.08 Å². The van der Waals surface area contributed by atoms with E-state index in [9.17, 15) is 18.0 Å². The highest BCUT2D eigenvalue weighted by Gasteiger charge is 2.35. The van der Waals surface area contributed by atoms with Gasteiger partial charge in [0.05, 0.1) is 19.3 Å². The maximum absolute atomic E-state index is 12.9. The Kier molecular flexibility index (Phi) is 4.97. The van der Waals surface area contributed by atoms with Crippen molar-refractivity contribution in [3.05, 3.63) is 35.9 Å². The zero-order valence-corrected chi connectivity index (χ0v) is 10.5. The summed E-state index contributed by atoms with van der Waals surface area (Å²) in [5.41, 5.74) is -1.22. The number of halogens is 3. The minimum absolute atomic E-state index is 0.0125. The number of hydrogen-bond donors (Lipinski definition) is 0. The summed E-state index contributed by atoms with van der Waals surface area (Å²) in [4.78, 5) is 11.2. The topological polar surface area (TPSA) is 35.5 Å². The summed E-state index contributed by atoms with van der Waals surface area (Å²) >= 11 is 0. The van der Waals surface area contributed by atoms with Gasteiger partial charge in [0.25, 0.3) is 0 Å². The summed E-state index contributed by atoms with van der Waals surface area (Å²) in [6.07, 6.45) is -4.21. The molecule has 0 amide bonds. The van der Waals surface area contributed by atoms with Gasteiger partial charge in [-0.25, -0.2) is 4.79 Å². The van der Waals surface area contributed by atoms with Crippen molar-refractivity contribution in [3.8, 4) is 5.75 Å². The van der Waals surface area contributed by atoms with Crippen LogP contribution in [-0.4, -0.2) is 25.9 Å². The normalized spacial score (nSPS) is 12.2. The van der Waals surface area contributed by atoms with Crippen LogP contribution in [0.3, 0.4) is 0 Å². The molecule has 0 aliphatic rings. The molecule has 0 N–H and O–H groups in total. The van der Waals surface area contributed by atoms with Crippen LogP contribution in [0.5, 0.6) is 5.75 Å². The number of carbonyl (C=O) groups is 1. The zero-order chi connectivity index (χ0) is 14.5. The molecule has 0 bridgehead atoms. The van der Waals surface area contributed by atoms with E-state index < -0.39 is 17.7 Å². The molecular weight excluding hydrogens is 261 g/mol. The average molecular weight is 274 g/mol. The Hall–Kier alpha value is -1.98. The van der Waals surface area contributed by atoms with Gasteiger partial charge in [-0.15, -0.1) is 0 Å². The third kappa shape index (κ3) is 4.31. The van der Waals surface area contributed by atoms with Gasteiger partial charge in [0.15, 0.2) is 0 Å². The SMILES string of the molecule is CCOC(=O)/C=C(/c1cccc(OC)c1)C(F)(F)F. The zero-order valence-electron chi connectivity index (χ0n) is 10.5. The van der Waals surface area contributed by atoms with Gasteiger partial charge in [-0.1, -0.05) is 12.1 Å². The smallest absolute Gasteiger partial charge is 0.417 e. The fraction of sp³-hybridized carbons (Fsp3) is 0.308. The highest BCUT2D eigenvalue weighted by Crippen LogP contribution is 2.35. The van der Waals surface area contributed by atoms with Crippen molar-refractivity contribution in [2.24, 2.45) is 0 Å². The summed E-state index contributed by atoms with van der Waals surface area (Å²) < 4.78 is 48.1. The van der Waals surface area contributed by atoms with Gasteiger partial charge in [-0.2, -0.15) is 13.2 Å². The van der Waals surface area contributed by atoms with E-state index in [4.69, 9.17) is 4.74 Å². The first kappa shape index (κ1) is 15.1. The fourth-order valence-electron chi connectivity index (χ4n) is 1.42. The van der Waals surface area contributed by atoms with Gasteiger partial charge < -0.3 is 9.47 Å². The lowest BCUT2D eigenvalue weighted by molar-refractivity contribution is -0.137. The van der Waals surface area contributed by atoms with E-state index in [1.165, 1.54) is 38.3 Å². The van der Waals surface area contributed by atoms with Gasteiger partial charge >= 0.3 is 12.1 Å². The summed E-state index contributed by atoms with van der Waals surface area (Å²) in [6.45, 7) is 1.53. The molecule has 6 heteroatoms. The molecular formula is C13H13F3O3. The largest absolute Gasteiger partial charge is 0.497 e. The van der Waals surface area contributed by atoms with Crippen molar-refractivity contribution in [1.29, 1.82) is 0 Å². The molecule has 3 nitrogen and oxygen atoms in total. The molecule has 1 aromatic rings. The molecule has 0 spiro atoms. The molecule has 0 saturated carbocycles. The molecule has 0 atom stereocenters. The van der Waals surface area contributed by atoms with Crippen molar-refractivity contribution in [1.82, 2.24) is 0 Å². The molecule has 0 aromatic heterocycles. The second-order valence-electron chi connectivity index (χ2n) is 3.54. The lowest BCUT2D eigenvalue weighted by Gasteiger charge is -2.12. The minimum atomic E-state index is -4.65. The summed E-state index contributed by atoms with van der Waals surface area (Å²) in [6, 6.07) is 5.39.